The SMILES string of the molecule is C=CC12CC=C(C)[C@@H]3c4ccc(O)cc4CC[C@H]3[C@@H]1C=CCC2. The number of benzene rings is 1. The summed E-state index contributed by atoms with van der Waals surface area (Å²) in [4.78, 5) is 0. The number of fused-ring (bicyclic) bond motifs is 5. The molecule has 0 saturated carbocycles. The summed E-state index contributed by atoms with van der Waals surface area (Å²) < 4.78 is 0. The number of phenolic OH excluding ortho intramolecular Hbond substituents is 1. The molecule has 1 aromatic rings. The van der Waals surface area contributed by atoms with Crippen molar-refractivity contribution in [2.45, 2.75) is 44.9 Å². The molecule has 3 aliphatic carbocycles. The minimum atomic E-state index is 0.240. The van der Waals surface area contributed by atoms with E-state index in [1.54, 1.807) is 0 Å². The van der Waals surface area contributed by atoms with Crippen LogP contribution in [-0.4, -0.2) is 5.11 Å². The first-order valence-corrected chi connectivity index (χ1v) is 8.93. The predicted octanol–water partition coefficient (Wildman–Crippen LogP) is 5.53. The van der Waals surface area contributed by atoms with Gasteiger partial charge in [0.15, 0.2) is 0 Å². The summed E-state index contributed by atoms with van der Waals surface area (Å²) in [7, 11) is 0. The standard InChI is InChI=1S/C22H26O/c1-3-22-12-5-4-6-20(22)19-9-7-16-14-17(23)8-10-18(16)21(19)15(2)11-13-22/h3-4,6,8,10-11,14,19-21,23H,1,5,7,9,12-13H2,2H3/t19-,20-,21+,22?/m0/s1. The maximum Gasteiger partial charge on any atom is 0.115 e. The lowest BCUT2D eigenvalue weighted by molar-refractivity contribution is 0.159. The number of hydrogen-bond acceptors (Lipinski definition) is 1. The summed E-state index contributed by atoms with van der Waals surface area (Å²) >= 11 is 0. The maximum atomic E-state index is 9.83. The molecule has 0 aromatic heterocycles. The van der Waals surface area contributed by atoms with E-state index in [9.17, 15) is 5.11 Å². The van der Waals surface area contributed by atoms with E-state index < -0.39 is 0 Å². The van der Waals surface area contributed by atoms with E-state index in [1.807, 2.05) is 12.1 Å². The van der Waals surface area contributed by atoms with Gasteiger partial charge < -0.3 is 5.11 Å². The van der Waals surface area contributed by atoms with Crippen LogP contribution < -0.4 is 0 Å². The predicted molar refractivity (Wildman–Crippen MR) is 95.5 cm³/mol. The molecular weight excluding hydrogens is 280 g/mol. The van der Waals surface area contributed by atoms with E-state index in [-0.39, 0.29) is 5.41 Å². The highest BCUT2D eigenvalue weighted by atomic mass is 16.3. The Hall–Kier alpha value is -1.76. The summed E-state index contributed by atoms with van der Waals surface area (Å²) in [5.74, 6) is 2.14. The largest absolute Gasteiger partial charge is 0.508 e. The molecule has 1 aromatic carbocycles. The first kappa shape index (κ1) is 14.8. The normalized spacial score (nSPS) is 35.3. The van der Waals surface area contributed by atoms with Gasteiger partial charge in [0.1, 0.15) is 5.75 Å². The van der Waals surface area contributed by atoms with Crippen molar-refractivity contribution in [3.05, 3.63) is 65.8 Å². The second-order valence-electron chi connectivity index (χ2n) is 7.65. The zero-order valence-electron chi connectivity index (χ0n) is 14.0. The van der Waals surface area contributed by atoms with Crippen LogP contribution in [0.1, 0.15) is 49.7 Å². The van der Waals surface area contributed by atoms with E-state index in [0.717, 1.165) is 12.8 Å². The first-order valence-electron chi connectivity index (χ1n) is 8.93. The van der Waals surface area contributed by atoms with Crippen LogP contribution in [0.25, 0.3) is 0 Å². The van der Waals surface area contributed by atoms with Crippen molar-refractivity contribution in [2.24, 2.45) is 17.3 Å². The average molecular weight is 306 g/mol. The Labute approximate surface area is 139 Å². The molecule has 1 nitrogen and oxygen atoms in total. The van der Waals surface area contributed by atoms with E-state index in [2.05, 4.69) is 43.9 Å². The molecule has 1 N–H and O–H groups in total. The van der Waals surface area contributed by atoms with Crippen LogP contribution in [0.15, 0.2) is 54.7 Å². The van der Waals surface area contributed by atoms with Gasteiger partial charge in [-0.2, -0.15) is 0 Å². The summed E-state index contributed by atoms with van der Waals surface area (Å²) in [6.45, 7) is 6.53. The molecule has 3 aliphatic rings. The molecule has 0 saturated heterocycles. The zero-order chi connectivity index (χ0) is 16.0. The van der Waals surface area contributed by atoms with Gasteiger partial charge in [-0.25, -0.2) is 0 Å². The van der Waals surface area contributed by atoms with Crippen LogP contribution >= 0.6 is 0 Å². The van der Waals surface area contributed by atoms with Crippen LogP contribution in [0.2, 0.25) is 0 Å². The van der Waals surface area contributed by atoms with Gasteiger partial charge in [0.2, 0.25) is 0 Å². The number of allylic oxidation sites excluding steroid dienone is 5. The highest BCUT2D eigenvalue weighted by Gasteiger charge is 2.46. The molecule has 0 radical (unpaired) electrons. The van der Waals surface area contributed by atoms with E-state index in [4.69, 9.17) is 0 Å². The van der Waals surface area contributed by atoms with Gasteiger partial charge in [0.25, 0.3) is 0 Å². The Bertz CT molecular complexity index is 696. The molecule has 4 atom stereocenters. The minimum Gasteiger partial charge on any atom is -0.508 e. The number of phenols is 1. The highest BCUT2D eigenvalue weighted by molar-refractivity contribution is 5.44. The van der Waals surface area contributed by atoms with E-state index in [1.165, 1.54) is 36.0 Å². The Morgan fingerprint density at radius 1 is 1.35 bits per heavy atom. The van der Waals surface area contributed by atoms with E-state index >= 15 is 0 Å². The molecule has 0 aliphatic heterocycles. The average Bonchev–Trinajstić information content (AvgIpc) is 2.70. The summed E-state index contributed by atoms with van der Waals surface area (Å²) in [6, 6.07) is 5.99. The van der Waals surface area contributed by atoms with Crippen LogP contribution in [0.4, 0.5) is 0 Å². The summed E-state index contributed by atoms with van der Waals surface area (Å²) in [5, 5.41) is 9.83. The summed E-state index contributed by atoms with van der Waals surface area (Å²) in [5.41, 5.74) is 4.52. The molecular formula is C22H26O. The lowest BCUT2D eigenvalue weighted by Gasteiger charge is -2.46. The van der Waals surface area contributed by atoms with Gasteiger partial charge in [0, 0.05) is 5.92 Å². The highest BCUT2D eigenvalue weighted by Crippen LogP contribution is 2.56. The van der Waals surface area contributed by atoms with Gasteiger partial charge in [-0.15, -0.1) is 6.58 Å². The van der Waals surface area contributed by atoms with Crippen molar-refractivity contribution in [1.29, 1.82) is 0 Å². The maximum absolute atomic E-state index is 9.83. The fraction of sp³-hybridized carbons (Fsp3) is 0.455. The fourth-order valence-corrected chi connectivity index (χ4v) is 5.36. The Kier molecular flexibility index (Phi) is 3.48. The van der Waals surface area contributed by atoms with E-state index in [0.29, 0.717) is 23.5 Å². The van der Waals surface area contributed by atoms with Crippen LogP contribution in [-0.2, 0) is 6.42 Å². The van der Waals surface area contributed by atoms with Gasteiger partial charge in [-0.3, -0.25) is 0 Å². The topological polar surface area (TPSA) is 20.2 Å². The van der Waals surface area contributed by atoms with Gasteiger partial charge in [-0.1, -0.05) is 35.9 Å². The van der Waals surface area contributed by atoms with Crippen molar-refractivity contribution < 1.29 is 5.11 Å². The quantitative estimate of drug-likeness (QED) is 0.677. The van der Waals surface area contributed by atoms with Crippen LogP contribution in [0.5, 0.6) is 5.75 Å². The monoisotopic (exact) mass is 306 g/mol. The Morgan fingerprint density at radius 3 is 3.04 bits per heavy atom. The van der Waals surface area contributed by atoms with Gasteiger partial charge in [-0.05, 0) is 79.5 Å². The van der Waals surface area contributed by atoms with Crippen LogP contribution in [0.3, 0.4) is 0 Å². The lowest BCUT2D eigenvalue weighted by Crippen LogP contribution is -2.37. The molecule has 0 spiro atoms. The van der Waals surface area contributed by atoms with Gasteiger partial charge in [0.05, 0.1) is 0 Å². The number of aryl methyl sites for hydroxylation is 1. The Morgan fingerprint density at radius 2 is 2.22 bits per heavy atom. The van der Waals surface area contributed by atoms with Crippen molar-refractivity contribution in [2.75, 3.05) is 0 Å². The molecule has 23 heavy (non-hydrogen) atoms. The molecule has 0 bridgehead atoms. The molecule has 0 amide bonds. The second kappa shape index (κ2) is 5.40. The minimum absolute atomic E-state index is 0.240. The molecule has 0 fully saturated rings. The third kappa shape index (κ3) is 2.21. The number of aromatic hydroxyl groups is 1. The third-order valence-corrected chi connectivity index (χ3v) is 6.58. The zero-order valence-corrected chi connectivity index (χ0v) is 14.0. The lowest BCUT2D eigenvalue weighted by atomic mass is 9.58. The Balaban J connectivity index is 1.85. The molecule has 120 valence electrons. The van der Waals surface area contributed by atoms with Gasteiger partial charge >= 0.3 is 0 Å². The fourth-order valence-electron chi connectivity index (χ4n) is 5.36. The molecule has 0 heterocycles. The summed E-state index contributed by atoms with van der Waals surface area (Å²) in [6.07, 6.45) is 15.4. The van der Waals surface area contributed by atoms with Crippen molar-refractivity contribution in [3.8, 4) is 5.75 Å². The smallest absolute Gasteiger partial charge is 0.115 e. The van der Waals surface area contributed by atoms with Crippen LogP contribution in [0, 0.1) is 17.3 Å². The second-order valence-corrected chi connectivity index (χ2v) is 7.65. The molecule has 1 unspecified atom stereocenters. The number of hydrogen-bond donors (Lipinski definition) is 1. The van der Waals surface area contributed by atoms with Crippen molar-refractivity contribution in [1.82, 2.24) is 0 Å². The third-order valence-electron chi connectivity index (χ3n) is 6.58. The number of rotatable bonds is 1. The van der Waals surface area contributed by atoms with Crippen molar-refractivity contribution >= 4 is 0 Å². The first-order chi connectivity index (χ1) is 11.1. The molecule has 1 heteroatoms. The van der Waals surface area contributed by atoms with Crippen molar-refractivity contribution in [3.63, 3.8) is 0 Å². The molecule has 4 rings (SSSR count).